The fourth-order valence-corrected chi connectivity index (χ4v) is 6.36. The highest BCUT2D eigenvalue weighted by molar-refractivity contribution is 7.90. The summed E-state index contributed by atoms with van der Waals surface area (Å²) in [5, 5.41) is 3.44. The molecule has 39 heavy (non-hydrogen) atoms. The maximum absolute atomic E-state index is 13.7. The third kappa shape index (κ3) is 6.27. The van der Waals surface area contributed by atoms with Gasteiger partial charge in [0.2, 0.25) is 11.8 Å². The normalized spacial score (nSPS) is 14.5. The number of hydrogen-bond acceptors (Lipinski definition) is 5. The Kier molecular flexibility index (Phi) is 8.94. The second-order valence-electron chi connectivity index (χ2n) is 9.00. The standard InChI is InChI=1S/C28H27Cl2N3O5S/c1-2-31-27(35)24(17-19-8-4-3-5-9-19)32(18-20-12-13-22(29)23(30)16-20)26(34)14-15-33-28(36)21-10-6-7-11-25(21)39(33,37)38/h3-13,16,24H,2,14-15,17-18H2,1H3,(H,31,35)/t24-/m1/s1. The molecule has 1 N–H and O–H groups in total. The third-order valence-corrected chi connectivity index (χ3v) is 8.98. The third-order valence-electron chi connectivity index (χ3n) is 6.40. The van der Waals surface area contributed by atoms with Gasteiger partial charge >= 0.3 is 0 Å². The highest BCUT2D eigenvalue weighted by Crippen LogP contribution is 2.30. The maximum atomic E-state index is 13.7. The van der Waals surface area contributed by atoms with Crippen molar-refractivity contribution in [2.24, 2.45) is 0 Å². The minimum Gasteiger partial charge on any atom is -0.355 e. The predicted octanol–water partition coefficient (Wildman–Crippen LogP) is 4.30. The average molecular weight is 589 g/mol. The zero-order valence-corrected chi connectivity index (χ0v) is 23.5. The molecule has 3 amide bonds. The highest BCUT2D eigenvalue weighted by atomic mass is 35.5. The second-order valence-corrected chi connectivity index (χ2v) is 11.6. The number of nitrogens with one attached hydrogen (secondary N) is 1. The number of amides is 3. The van der Waals surface area contributed by atoms with Crippen LogP contribution in [0, 0.1) is 0 Å². The van der Waals surface area contributed by atoms with E-state index in [1.807, 2.05) is 30.3 Å². The minimum absolute atomic E-state index is 0.0191. The van der Waals surface area contributed by atoms with E-state index in [0.717, 1.165) is 5.56 Å². The van der Waals surface area contributed by atoms with Gasteiger partial charge in [-0.1, -0.05) is 71.7 Å². The molecule has 1 aliphatic heterocycles. The van der Waals surface area contributed by atoms with Crippen LogP contribution < -0.4 is 5.32 Å². The maximum Gasteiger partial charge on any atom is 0.269 e. The molecule has 11 heteroatoms. The zero-order valence-electron chi connectivity index (χ0n) is 21.1. The number of likely N-dealkylation sites (N-methyl/N-ethyl adjacent to an activating group) is 1. The smallest absolute Gasteiger partial charge is 0.269 e. The molecule has 0 spiro atoms. The van der Waals surface area contributed by atoms with E-state index in [-0.39, 0.29) is 42.3 Å². The van der Waals surface area contributed by atoms with Crippen molar-refractivity contribution >= 4 is 50.9 Å². The van der Waals surface area contributed by atoms with E-state index < -0.39 is 27.9 Å². The Hall–Kier alpha value is -3.40. The molecule has 204 valence electrons. The van der Waals surface area contributed by atoms with Crippen LogP contribution in [-0.4, -0.2) is 54.5 Å². The molecule has 0 radical (unpaired) electrons. The molecule has 8 nitrogen and oxygen atoms in total. The molecule has 3 aromatic carbocycles. The second kappa shape index (κ2) is 12.2. The number of carbonyl (C=O) groups excluding carboxylic acids is 3. The molecule has 0 saturated heterocycles. The summed E-state index contributed by atoms with van der Waals surface area (Å²) in [5.74, 6) is -1.53. The fourth-order valence-electron chi connectivity index (χ4n) is 4.47. The largest absolute Gasteiger partial charge is 0.355 e. The first-order valence-electron chi connectivity index (χ1n) is 12.3. The van der Waals surface area contributed by atoms with Crippen LogP contribution >= 0.6 is 23.2 Å². The molecule has 0 fully saturated rings. The first-order valence-corrected chi connectivity index (χ1v) is 14.5. The van der Waals surface area contributed by atoms with Crippen molar-refractivity contribution in [3.63, 3.8) is 0 Å². The Morgan fingerprint density at radius 3 is 2.31 bits per heavy atom. The quantitative estimate of drug-likeness (QED) is 0.381. The van der Waals surface area contributed by atoms with Gasteiger partial charge in [-0.05, 0) is 42.3 Å². The monoisotopic (exact) mass is 587 g/mol. The Morgan fingerprint density at radius 1 is 0.949 bits per heavy atom. The Balaban J connectivity index is 1.64. The molecule has 1 atom stereocenters. The summed E-state index contributed by atoms with van der Waals surface area (Å²) in [7, 11) is -4.08. The van der Waals surface area contributed by atoms with Crippen molar-refractivity contribution in [2.45, 2.75) is 37.2 Å². The van der Waals surface area contributed by atoms with Gasteiger partial charge < -0.3 is 10.2 Å². The van der Waals surface area contributed by atoms with Crippen LogP contribution in [-0.2, 0) is 32.6 Å². The fraction of sp³-hybridized carbons (Fsp3) is 0.250. The average Bonchev–Trinajstić information content (AvgIpc) is 3.12. The summed E-state index contributed by atoms with van der Waals surface area (Å²) in [6.45, 7) is 1.80. The van der Waals surface area contributed by atoms with Gasteiger partial charge in [-0.2, -0.15) is 0 Å². The minimum atomic E-state index is -4.08. The molecule has 1 aliphatic rings. The van der Waals surface area contributed by atoms with Gasteiger partial charge in [0.15, 0.2) is 0 Å². The van der Waals surface area contributed by atoms with E-state index in [9.17, 15) is 22.8 Å². The summed E-state index contributed by atoms with van der Waals surface area (Å²) >= 11 is 12.3. The first kappa shape index (κ1) is 28.6. The van der Waals surface area contributed by atoms with Gasteiger partial charge in [-0.3, -0.25) is 14.4 Å². The number of fused-ring (bicyclic) bond motifs is 1. The van der Waals surface area contributed by atoms with Crippen LogP contribution in [0.25, 0.3) is 0 Å². The Labute approximate surface area is 237 Å². The highest BCUT2D eigenvalue weighted by Gasteiger charge is 2.41. The zero-order chi connectivity index (χ0) is 28.2. The van der Waals surface area contributed by atoms with Crippen LogP contribution in [0.5, 0.6) is 0 Å². The van der Waals surface area contributed by atoms with E-state index in [4.69, 9.17) is 23.2 Å². The van der Waals surface area contributed by atoms with Gasteiger partial charge in [-0.15, -0.1) is 0 Å². The lowest BCUT2D eigenvalue weighted by Gasteiger charge is -2.32. The number of rotatable bonds is 10. The van der Waals surface area contributed by atoms with Crippen molar-refractivity contribution in [3.05, 3.63) is 99.5 Å². The number of hydrogen-bond donors (Lipinski definition) is 1. The van der Waals surface area contributed by atoms with Gasteiger partial charge in [-0.25, -0.2) is 12.7 Å². The van der Waals surface area contributed by atoms with E-state index in [1.54, 1.807) is 31.2 Å². The molecule has 4 rings (SSSR count). The molecule has 0 unspecified atom stereocenters. The summed E-state index contributed by atoms with van der Waals surface area (Å²) in [5.41, 5.74) is 1.55. The van der Waals surface area contributed by atoms with Crippen molar-refractivity contribution in [3.8, 4) is 0 Å². The number of benzene rings is 3. The SMILES string of the molecule is CCNC(=O)[C@@H](Cc1ccccc1)N(Cc1ccc(Cl)c(Cl)c1)C(=O)CCN1C(=O)c2ccccc2S1(=O)=O. The molecule has 0 aliphatic carbocycles. The number of nitrogens with zero attached hydrogens (tertiary/aromatic N) is 2. The lowest BCUT2D eigenvalue weighted by atomic mass is 10.0. The molecular formula is C28H27Cl2N3O5S. The van der Waals surface area contributed by atoms with E-state index in [2.05, 4.69) is 5.32 Å². The summed E-state index contributed by atoms with van der Waals surface area (Å²) in [4.78, 5) is 41.2. The summed E-state index contributed by atoms with van der Waals surface area (Å²) in [6.07, 6.45) is -0.0862. The molecule has 0 saturated carbocycles. The van der Waals surface area contributed by atoms with E-state index >= 15 is 0 Å². The van der Waals surface area contributed by atoms with Crippen molar-refractivity contribution < 1.29 is 22.8 Å². The van der Waals surface area contributed by atoms with Crippen molar-refractivity contribution in [1.82, 2.24) is 14.5 Å². The summed E-state index contributed by atoms with van der Waals surface area (Å²) < 4.78 is 26.7. The Morgan fingerprint density at radius 2 is 1.64 bits per heavy atom. The molecule has 0 aromatic heterocycles. The molecule has 0 bridgehead atoms. The molecule has 1 heterocycles. The van der Waals surface area contributed by atoms with Gasteiger partial charge in [0, 0.05) is 32.5 Å². The first-order chi connectivity index (χ1) is 18.6. The van der Waals surface area contributed by atoms with Crippen LogP contribution in [0.2, 0.25) is 10.0 Å². The van der Waals surface area contributed by atoms with Crippen LogP contribution in [0.4, 0.5) is 0 Å². The van der Waals surface area contributed by atoms with Crippen molar-refractivity contribution in [2.75, 3.05) is 13.1 Å². The Bertz CT molecular complexity index is 1500. The molecule has 3 aromatic rings. The van der Waals surface area contributed by atoms with E-state index in [1.165, 1.54) is 23.1 Å². The number of halogens is 2. The predicted molar refractivity (Wildman–Crippen MR) is 149 cm³/mol. The van der Waals surface area contributed by atoms with Gasteiger partial charge in [0.05, 0.1) is 15.6 Å². The van der Waals surface area contributed by atoms with Crippen LogP contribution in [0.15, 0.2) is 77.7 Å². The lowest BCUT2D eigenvalue weighted by molar-refractivity contribution is -0.141. The topological polar surface area (TPSA) is 104 Å². The van der Waals surface area contributed by atoms with Crippen LogP contribution in [0.1, 0.15) is 34.8 Å². The van der Waals surface area contributed by atoms with E-state index in [0.29, 0.717) is 26.5 Å². The number of sulfonamides is 1. The lowest BCUT2D eigenvalue weighted by Crippen LogP contribution is -2.51. The van der Waals surface area contributed by atoms with Crippen LogP contribution in [0.3, 0.4) is 0 Å². The van der Waals surface area contributed by atoms with Gasteiger partial charge in [0.25, 0.3) is 15.9 Å². The van der Waals surface area contributed by atoms with Gasteiger partial charge in [0.1, 0.15) is 10.9 Å². The number of carbonyl (C=O) groups is 3. The van der Waals surface area contributed by atoms with Crippen molar-refractivity contribution in [1.29, 1.82) is 0 Å². The molecular weight excluding hydrogens is 561 g/mol. The summed E-state index contributed by atoms with van der Waals surface area (Å²) in [6, 6.07) is 19.2.